The fraction of sp³-hybridized carbons (Fsp3) is 0.250. The Morgan fingerprint density at radius 1 is 1.42 bits per heavy atom. The summed E-state index contributed by atoms with van der Waals surface area (Å²) in [5.41, 5.74) is -0.0718. The van der Waals surface area contributed by atoms with Crippen molar-refractivity contribution in [3.05, 3.63) is 46.4 Å². The Labute approximate surface area is 109 Å². The van der Waals surface area contributed by atoms with Crippen molar-refractivity contribution in [1.82, 2.24) is 4.98 Å². The van der Waals surface area contributed by atoms with Crippen LogP contribution in [0.3, 0.4) is 0 Å². The number of nitro groups is 1. The first-order chi connectivity index (χ1) is 9.11. The maximum atomic E-state index is 11.0. The molecule has 0 radical (unpaired) electrons. The first-order valence-corrected chi connectivity index (χ1v) is 5.75. The van der Waals surface area contributed by atoms with Gasteiger partial charge in [-0.25, -0.2) is 4.98 Å². The molecule has 2 aromatic heterocycles. The molecule has 0 aliphatic carbocycles. The lowest BCUT2D eigenvalue weighted by Gasteiger charge is -2.13. The topological polar surface area (TPSA) is 93.2 Å². The summed E-state index contributed by atoms with van der Waals surface area (Å²) in [7, 11) is 1.70. The highest BCUT2D eigenvalue weighted by Gasteiger charge is 2.19. The van der Waals surface area contributed by atoms with E-state index in [2.05, 4.69) is 15.6 Å². The molecule has 1 unspecified atom stereocenters. The Bertz CT molecular complexity index is 568. The molecule has 0 saturated carbocycles. The molecule has 2 heterocycles. The Balaban J connectivity index is 2.29. The van der Waals surface area contributed by atoms with Gasteiger partial charge < -0.3 is 15.1 Å². The van der Waals surface area contributed by atoms with Crippen LogP contribution in [0.15, 0.2) is 34.9 Å². The highest BCUT2D eigenvalue weighted by atomic mass is 16.6. The molecule has 100 valence electrons. The van der Waals surface area contributed by atoms with Crippen molar-refractivity contribution in [2.24, 2.45) is 0 Å². The molecule has 0 saturated heterocycles. The lowest BCUT2D eigenvalue weighted by Crippen LogP contribution is -2.10. The average molecular weight is 262 g/mol. The van der Waals surface area contributed by atoms with Crippen LogP contribution >= 0.6 is 0 Å². The van der Waals surface area contributed by atoms with E-state index in [-0.39, 0.29) is 17.5 Å². The van der Waals surface area contributed by atoms with Crippen molar-refractivity contribution in [3.63, 3.8) is 0 Å². The zero-order chi connectivity index (χ0) is 13.8. The van der Waals surface area contributed by atoms with Gasteiger partial charge in [0.1, 0.15) is 11.6 Å². The van der Waals surface area contributed by atoms with Crippen molar-refractivity contribution in [2.45, 2.75) is 13.0 Å². The second-order valence-electron chi connectivity index (χ2n) is 3.95. The molecular weight excluding hydrogens is 248 g/mol. The molecule has 7 heteroatoms. The van der Waals surface area contributed by atoms with E-state index in [0.717, 1.165) is 0 Å². The van der Waals surface area contributed by atoms with Crippen molar-refractivity contribution in [1.29, 1.82) is 0 Å². The minimum absolute atomic E-state index is 0.0718. The number of pyridine rings is 1. The predicted octanol–water partition coefficient (Wildman–Crippen LogP) is 2.80. The van der Waals surface area contributed by atoms with Crippen molar-refractivity contribution in [3.8, 4) is 0 Å². The van der Waals surface area contributed by atoms with Gasteiger partial charge in [-0.15, -0.1) is 0 Å². The maximum Gasteiger partial charge on any atom is 0.311 e. The first kappa shape index (κ1) is 12.9. The zero-order valence-electron chi connectivity index (χ0n) is 10.6. The van der Waals surface area contributed by atoms with E-state index in [1.54, 1.807) is 31.5 Å². The highest BCUT2D eigenvalue weighted by Crippen LogP contribution is 2.27. The second-order valence-corrected chi connectivity index (χ2v) is 3.95. The molecule has 0 amide bonds. The van der Waals surface area contributed by atoms with E-state index in [0.29, 0.717) is 11.6 Å². The van der Waals surface area contributed by atoms with E-state index in [1.807, 2.05) is 6.92 Å². The zero-order valence-corrected chi connectivity index (χ0v) is 10.6. The van der Waals surface area contributed by atoms with Gasteiger partial charge in [0.2, 0.25) is 5.82 Å². The summed E-state index contributed by atoms with van der Waals surface area (Å²) in [5.74, 6) is 1.45. The number of furan rings is 1. The second kappa shape index (κ2) is 5.38. The number of rotatable bonds is 5. The molecule has 0 aromatic carbocycles. The van der Waals surface area contributed by atoms with E-state index in [4.69, 9.17) is 4.42 Å². The molecule has 7 nitrogen and oxygen atoms in total. The standard InChI is InChI=1S/C12H14N4O3/c1-8(10-4-3-7-19-10)14-12-9(16(17)18)5-6-11(13-2)15-12/h3-8H,1-2H3,(H2,13,14,15). The maximum absolute atomic E-state index is 11.0. The molecule has 0 aliphatic rings. The lowest BCUT2D eigenvalue weighted by atomic mass is 10.2. The van der Waals surface area contributed by atoms with E-state index >= 15 is 0 Å². The third-order valence-electron chi connectivity index (χ3n) is 2.65. The highest BCUT2D eigenvalue weighted by molar-refractivity contribution is 5.60. The summed E-state index contributed by atoms with van der Waals surface area (Å²) in [4.78, 5) is 14.7. The van der Waals surface area contributed by atoms with Gasteiger partial charge >= 0.3 is 5.69 Å². The third-order valence-corrected chi connectivity index (χ3v) is 2.65. The van der Waals surface area contributed by atoms with Gasteiger partial charge in [-0.1, -0.05) is 0 Å². The molecule has 1 atom stereocenters. The Hall–Kier alpha value is -2.57. The van der Waals surface area contributed by atoms with E-state index < -0.39 is 4.92 Å². The number of nitrogens with one attached hydrogen (secondary N) is 2. The smallest absolute Gasteiger partial charge is 0.311 e. The lowest BCUT2D eigenvalue weighted by molar-refractivity contribution is -0.384. The van der Waals surface area contributed by atoms with Gasteiger partial charge in [0, 0.05) is 13.1 Å². The van der Waals surface area contributed by atoms with E-state index in [1.165, 1.54) is 6.07 Å². The fourth-order valence-electron chi connectivity index (χ4n) is 1.66. The Kier molecular flexibility index (Phi) is 3.65. The summed E-state index contributed by atoms with van der Waals surface area (Å²) in [5, 5.41) is 16.8. The molecule has 0 aliphatic heterocycles. The van der Waals surface area contributed by atoms with Gasteiger partial charge in [-0.05, 0) is 25.1 Å². The largest absolute Gasteiger partial charge is 0.467 e. The number of anilines is 2. The first-order valence-electron chi connectivity index (χ1n) is 5.75. The van der Waals surface area contributed by atoms with Crippen LogP contribution in [0.25, 0.3) is 0 Å². The minimum atomic E-state index is -0.469. The Morgan fingerprint density at radius 2 is 2.21 bits per heavy atom. The summed E-state index contributed by atoms with van der Waals surface area (Å²) in [6.45, 7) is 1.84. The molecule has 2 N–H and O–H groups in total. The molecule has 2 rings (SSSR count). The molecule has 19 heavy (non-hydrogen) atoms. The molecule has 0 bridgehead atoms. The number of aromatic nitrogens is 1. The van der Waals surface area contributed by atoms with Crippen LogP contribution in [-0.2, 0) is 0 Å². The van der Waals surface area contributed by atoms with Crippen LogP contribution in [0.5, 0.6) is 0 Å². The quantitative estimate of drug-likeness (QED) is 0.635. The minimum Gasteiger partial charge on any atom is -0.467 e. The van der Waals surface area contributed by atoms with Crippen LogP contribution < -0.4 is 10.6 Å². The molecule has 0 spiro atoms. The Morgan fingerprint density at radius 3 is 2.79 bits per heavy atom. The number of nitrogens with zero attached hydrogens (tertiary/aromatic N) is 2. The SMILES string of the molecule is CNc1ccc([N+](=O)[O-])c(NC(C)c2ccco2)n1. The predicted molar refractivity (Wildman–Crippen MR) is 71.2 cm³/mol. The number of hydrogen-bond donors (Lipinski definition) is 2. The monoisotopic (exact) mass is 262 g/mol. The summed E-state index contributed by atoms with van der Waals surface area (Å²) < 4.78 is 5.25. The molecule has 0 fully saturated rings. The average Bonchev–Trinajstić information content (AvgIpc) is 2.92. The summed E-state index contributed by atoms with van der Waals surface area (Å²) >= 11 is 0. The molecular formula is C12H14N4O3. The van der Waals surface area contributed by atoms with Crippen molar-refractivity contribution in [2.75, 3.05) is 17.7 Å². The van der Waals surface area contributed by atoms with Gasteiger partial charge in [0.05, 0.1) is 17.2 Å². The van der Waals surface area contributed by atoms with Crippen LogP contribution in [0.1, 0.15) is 18.7 Å². The normalized spacial score (nSPS) is 11.9. The van der Waals surface area contributed by atoms with Gasteiger partial charge in [-0.3, -0.25) is 10.1 Å². The van der Waals surface area contributed by atoms with Gasteiger partial charge in [-0.2, -0.15) is 0 Å². The fourth-order valence-corrected chi connectivity index (χ4v) is 1.66. The van der Waals surface area contributed by atoms with Crippen molar-refractivity contribution < 1.29 is 9.34 Å². The van der Waals surface area contributed by atoms with Crippen LogP contribution in [0.2, 0.25) is 0 Å². The third kappa shape index (κ3) is 2.82. The van der Waals surface area contributed by atoms with E-state index in [9.17, 15) is 10.1 Å². The van der Waals surface area contributed by atoms with Crippen LogP contribution in [-0.4, -0.2) is 17.0 Å². The number of hydrogen-bond acceptors (Lipinski definition) is 6. The van der Waals surface area contributed by atoms with Gasteiger partial charge in [0.25, 0.3) is 0 Å². The van der Waals surface area contributed by atoms with Crippen LogP contribution in [0, 0.1) is 10.1 Å². The van der Waals surface area contributed by atoms with Gasteiger partial charge in [0.15, 0.2) is 0 Å². The summed E-state index contributed by atoms with van der Waals surface area (Å²) in [6.07, 6.45) is 1.55. The summed E-state index contributed by atoms with van der Waals surface area (Å²) in [6, 6.07) is 6.31. The molecule has 2 aromatic rings. The van der Waals surface area contributed by atoms with Crippen molar-refractivity contribution >= 4 is 17.3 Å². The van der Waals surface area contributed by atoms with Crippen LogP contribution in [0.4, 0.5) is 17.3 Å².